The standard InChI is InChI=1S/C25H30N2O5/c1-5-26(6-2)15-16-27-22(17-7-11-19(31-3)12-8-17)21(24(29)25(27)30)23(28)18-9-13-20(32-4)14-10-18/h7-14,22,28H,5-6,15-16H2,1-4H3/b23-21+. The number of amides is 1. The largest absolute Gasteiger partial charge is 0.507 e. The van der Waals surface area contributed by atoms with Gasteiger partial charge in [0.25, 0.3) is 11.7 Å². The second-order valence-corrected chi connectivity index (χ2v) is 7.52. The summed E-state index contributed by atoms with van der Waals surface area (Å²) in [4.78, 5) is 29.8. The van der Waals surface area contributed by atoms with Gasteiger partial charge in [-0.15, -0.1) is 0 Å². The molecule has 1 N–H and O–H groups in total. The first-order chi connectivity index (χ1) is 15.4. The summed E-state index contributed by atoms with van der Waals surface area (Å²) >= 11 is 0. The molecule has 0 bridgehead atoms. The Bertz CT molecular complexity index is 978. The molecule has 0 radical (unpaired) electrons. The summed E-state index contributed by atoms with van der Waals surface area (Å²) in [7, 11) is 3.13. The van der Waals surface area contributed by atoms with Gasteiger partial charge < -0.3 is 24.4 Å². The predicted octanol–water partition coefficient (Wildman–Crippen LogP) is 3.47. The number of aliphatic hydroxyl groups is 1. The van der Waals surface area contributed by atoms with E-state index in [4.69, 9.17) is 9.47 Å². The fourth-order valence-corrected chi connectivity index (χ4v) is 3.94. The van der Waals surface area contributed by atoms with Crippen LogP contribution in [0.4, 0.5) is 0 Å². The Hall–Kier alpha value is -3.32. The van der Waals surface area contributed by atoms with Crippen molar-refractivity contribution >= 4 is 17.4 Å². The minimum atomic E-state index is -0.682. The number of Topliss-reactive ketones (excluding diaryl/α,β-unsaturated/α-hetero) is 1. The lowest BCUT2D eigenvalue weighted by atomic mass is 9.95. The van der Waals surface area contributed by atoms with Crippen LogP contribution in [0.5, 0.6) is 11.5 Å². The van der Waals surface area contributed by atoms with Crippen molar-refractivity contribution in [1.82, 2.24) is 9.80 Å². The van der Waals surface area contributed by atoms with Gasteiger partial charge in [0.2, 0.25) is 0 Å². The summed E-state index contributed by atoms with van der Waals surface area (Å²) in [5, 5.41) is 11.1. The normalized spacial score (nSPS) is 17.8. The second-order valence-electron chi connectivity index (χ2n) is 7.52. The van der Waals surface area contributed by atoms with E-state index in [2.05, 4.69) is 18.7 Å². The van der Waals surface area contributed by atoms with Crippen LogP contribution in [0.15, 0.2) is 54.1 Å². The van der Waals surface area contributed by atoms with Gasteiger partial charge in [0.15, 0.2) is 0 Å². The van der Waals surface area contributed by atoms with E-state index in [1.54, 1.807) is 55.5 Å². The molecule has 0 spiro atoms. The number of methoxy groups -OCH3 is 2. The minimum absolute atomic E-state index is 0.0879. The Kier molecular flexibility index (Phi) is 7.53. The van der Waals surface area contributed by atoms with Crippen molar-refractivity contribution in [2.45, 2.75) is 19.9 Å². The van der Waals surface area contributed by atoms with Crippen LogP contribution in [-0.2, 0) is 9.59 Å². The van der Waals surface area contributed by atoms with Gasteiger partial charge in [0.1, 0.15) is 17.3 Å². The summed E-state index contributed by atoms with van der Waals surface area (Å²) in [5.41, 5.74) is 1.27. The molecule has 1 saturated heterocycles. The maximum absolute atomic E-state index is 13.1. The zero-order valence-corrected chi connectivity index (χ0v) is 19.0. The van der Waals surface area contributed by atoms with Gasteiger partial charge >= 0.3 is 0 Å². The second kappa shape index (κ2) is 10.3. The molecule has 0 saturated carbocycles. The first kappa shape index (κ1) is 23.3. The molecular formula is C25H30N2O5. The Morgan fingerprint density at radius 3 is 1.97 bits per heavy atom. The van der Waals surface area contributed by atoms with Crippen LogP contribution in [0.25, 0.3) is 5.76 Å². The van der Waals surface area contributed by atoms with Crippen molar-refractivity contribution in [2.24, 2.45) is 0 Å². The molecule has 1 aliphatic heterocycles. The van der Waals surface area contributed by atoms with Gasteiger partial charge in [-0.05, 0) is 55.1 Å². The molecule has 1 fully saturated rings. The number of likely N-dealkylation sites (tertiary alicyclic amines) is 1. The molecule has 7 heteroatoms. The van der Waals surface area contributed by atoms with Gasteiger partial charge in [-0.2, -0.15) is 0 Å². The van der Waals surface area contributed by atoms with E-state index in [0.29, 0.717) is 30.2 Å². The molecule has 0 aliphatic carbocycles. The van der Waals surface area contributed by atoms with Gasteiger partial charge in [0.05, 0.1) is 25.8 Å². The number of aliphatic hydroxyl groups excluding tert-OH is 1. The lowest BCUT2D eigenvalue weighted by Gasteiger charge is -2.28. The highest BCUT2D eigenvalue weighted by Crippen LogP contribution is 2.39. The van der Waals surface area contributed by atoms with E-state index in [-0.39, 0.29) is 11.3 Å². The van der Waals surface area contributed by atoms with E-state index in [1.165, 1.54) is 0 Å². The SMILES string of the molecule is CCN(CC)CCN1C(=O)C(=O)/C(=C(/O)c2ccc(OC)cc2)C1c1ccc(OC)cc1. The Labute approximate surface area is 188 Å². The van der Waals surface area contributed by atoms with Crippen LogP contribution >= 0.6 is 0 Å². The summed E-state index contributed by atoms with van der Waals surface area (Å²) in [5.74, 6) is -0.180. The molecule has 1 atom stereocenters. The quantitative estimate of drug-likeness (QED) is 0.367. The number of benzene rings is 2. The fourth-order valence-electron chi connectivity index (χ4n) is 3.94. The predicted molar refractivity (Wildman–Crippen MR) is 123 cm³/mol. The Balaban J connectivity index is 2.07. The molecule has 1 unspecified atom stereocenters. The molecule has 2 aromatic carbocycles. The van der Waals surface area contributed by atoms with Crippen LogP contribution in [0, 0.1) is 0 Å². The van der Waals surface area contributed by atoms with Crippen LogP contribution in [0.1, 0.15) is 31.0 Å². The van der Waals surface area contributed by atoms with Gasteiger partial charge in [-0.25, -0.2) is 0 Å². The lowest BCUT2D eigenvalue weighted by Crippen LogP contribution is -2.38. The molecular weight excluding hydrogens is 408 g/mol. The maximum atomic E-state index is 13.1. The highest BCUT2D eigenvalue weighted by atomic mass is 16.5. The highest BCUT2D eigenvalue weighted by Gasteiger charge is 2.45. The zero-order valence-electron chi connectivity index (χ0n) is 19.0. The first-order valence-electron chi connectivity index (χ1n) is 10.7. The third kappa shape index (κ3) is 4.62. The average molecular weight is 439 g/mol. The zero-order chi connectivity index (χ0) is 23.3. The molecule has 1 heterocycles. The molecule has 170 valence electrons. The van der Waals surface area contributed by atoms with Crippen molar-refractivity contribution in [3.05, 3.63) is 65.2 Å². The van der Waals surface area contributed by atoms with Crippen LogP contribution in [-0.4, -0.2) is 67.0 Å². The number of carbonyl (C=O) groups is 2. The fraction of sp³-hybridized carbons (Fsp3) is 0.360. The van der Waals surface area contributed by atoms with Crippen LogP contribution in [0.2, 0.25) is 0 Å². The number of carbonyl (C=O) groups excluding carboxylic acids is 2. The van der Waals surface area contributed by atoms with Crippen LogP contribution < -0.4 is 9.47 Å². The third-order valence-electron chi connectivity index (χ3n) is 5.89. The maximum Gasteiger partial charge on any atom is 0.295 e. The Morgan fingerprint density at radius 2 is 1.47 bits per heavy atom. The summed E-state index contributed by atoms with van der Waals surface area (Å²) < 4.78 is 10.4. The monoisotopic (exact) mass is 438 g/mol. The third-order valence-corrected chi connectivity index (χ3v) is 5.89. The molecule has 3 rings (SSSR count). The molecule has 2 aromatic rings. The lowest BCUT2D eigenvalue weighted by molar-refractivity contribution is -0.140. The number of rotatable bonds is 9. The van der Waals surface area contributed by atoms with E-state index in [9.17, 15) is 14.7 Å². The van der Waals surface area contributed by atoms with Crippen molar-refractivity contribution < 1.29 is 24.2 Å². The van der Waals surface area contributed by atoms with Crippen molar-refractivity contribution in [3.8, 4) is 11.5 Å². The van der Waals surface area contributed by atoms with Crippen LogP contribution in [0.3, 0.4) is 0 Å². The van der Waals surface area contributed by atoms with Crippen molar-refractivity contribution in [3.63, 3.8) is 0 Å². The first-order valence-corrected chi connectivity index (χ1v) is 10.7. The number of hydrogen-bond acceptors (Lipinski definition) is 6. The van der Waals surface area contributed by atoms with Gasteiger partial charge in [-0.3, -0.25) is 9.59 Å². The molecule has 32 heavy (non-hydrogen) atoms. The Morgan fingerprint density at radius 1 is 0.938 bits per heavy atom. The van der Waals surface area contributed by atoms with E-state index in [0.717, 1.165) is 18.7 Å². The smallest absolute Gasteiger partial charge is 0.295 e. The van der Waals surface area contributed by atoms with Crippen molar-refractivity contribution in [2.75, 3.05) is 40.4 Å². The number of nitrogens with zero attached hydrogens (tertiary/aromatic N) is 2. The minimum Gasteiger partial charge on any atom is -0.507 e. The topological polar surface area (TPSA) is 79.3 Å². The van der Waals surface area contributed by atoms with E-state index in [1.807, 2.05) is 12.1 Å². The summed E-state index contributed by atoms with van der Waals surface area (Å²) in [6.45, 7) is 6.82. The molecule has 1 aliphatic rings. The van der Waals surface area contributed by atoms with E-state index < -0.39 is 17.7 Å². The number of ether oxygens (including phenoxy) is 2. The summed E-state index contributed by atoms with van der Waals surface area (Å²) in [6, 6.07) is 13.3. The van der Waals surface area contributed by atoms with Gasteiger partial charge in [0, 0.05) is 18.7 Å². The average Bonchev–Trinajstić information content (AvgIpc) is 3.09. The highest BCUT2D eigenvalue weighted by molar-refractivity contribution is 6.46. The van der Waals surface area contributed by atoms with Gasteiger partial charge in [-0.1, -0.05) is 26.0 Å². The van der Waals surface area contributed by atoms with E-state index >= 15 is 0 Å². The molecule has 7 nitrogen and oxygen atoms in total. The van der Waals surface area contributed by atoms with Crippen molar-refractivity contribution in [1.29, 1.82) is 0 Å². The molecule has 0 aromatic heterocycles. The summed E-state index contributed by atoms with van der Waals surface area (Å²) in [6.07, 6.45) is 0. The number of likely N-dealkylation sites (N-methyl/N-ethyl adjacent to an activating group) is 1. The number of ketones is 1. The molecule has 1 amide bonds. The number of hydrogen-bond donors (Lipinski definition) is 1.